The van der Waals surface area contributed by atoms with Gasteiger partial charge in [0.15, 0.2) is 0 Å². The molecule has 0 radical (unpaired) electrons. The third-order valence-electron chi connectivity index (χ3n) is 7.45. The normalized spacial score (nSPS) is 13.6. The Bertz CT molecular complexity index is 1680. The lowest BCUT2D eigenvalue weighted by atomic mass is 9.98. The Morgan fingerprint density at radius 2 is 1.41 bits per heavy atom. The molecule has 3 aromatic carbocycles. The third kappa shape index (κ3) is 6.64. The molecule has 1 aliphatic carbocycles. The van der Waals surface area contributed by atoms with E-state index in [4.69, 9.17) is 14.2 Å². The molecule has 1 amide bonds. The maximum absolute atomic E-state index is 13.4. The highest BCUT2D eigenvalue weighted by Gasteiger charge is 2.32. The van der Waals surface area contributed by atoms with Gasteiger partial charge in [0.2, 0.25) is 0 Å². The summed E-state index contributed by atoms with van der Waals surface area (Å²) >= 11 is 0. The lowest BCUT2D eigenvalue weighted by Gasteiger charge is -2.24. The van der Waals surface area contributed by atoms with E-state index in [9.17, 15) is 14.4 Å². The van der Waals surface area contributed by atoms with E-state index >= 15 is 0 Å². The zero-order valence-electron chi connectivity index (χ0n) is 26.4. The second-order valence-electron chi connectivity index (χ2n) is 13.2. The van der Waals surface area contributed by atoms with Crippen molar-refractivity contribution in [1.29, 1.82) is 0 Å². The van der Waals surface area contributed by atoms with Crippen LogP contribution in [-0.2, 0) is 25.4 Å². The lowest BCUT2D eigenvalue weighted by Crippen LogP contribution is -2.46. The summed E-state index contributed by atoms with van der Waals surface area (Å²) in [5.41, 5.74) is 5.20. The van der Waals surface area contributed by atoms with Gasteiger partial charge in [-0.2, -0.15) is 0 Å². The molecule has 4 aromatic rings. The fourth-order valence-corrected chi connectivity index (χ4v) is 5.71. The van der Waals surface area contributed by atoms with Crippen LogP contribution in [0, 0.1) is 6.92 Å². The largest absolute Gasteiger partial charge is 0.458 e. The van der Waals surface area contributed by atoms with Gasteiger partial charge in [0.25, 0.3) is 0 Å². The van der Waals surface area contributed by atoms with E-state index in [1.807, 2.05) is 61.5 Å². The maximum Gasteiger partial charge on any atom is 0.419 e. The molecule has 1 N–H and O–H groups in total. The Balaban J connectivity index is 1.40. The number of carbonyl (C=O) groups is 3. The van der Waals surface area contributed by atoms with E-state index in [2.05, 4.69) is 17.4 Å². The Hall–Kier alpha value is -4.59. The molecular formula is C36H40N2O6. The minimum absolute atomic E-state index is 0.0782. The second kappa shape index (κ2) is 11.8. The van der Waals surface area contributed by atoms with Gasteiger partial charge in [-0.3, -0.25) is 4.57 Å². The highest BCUT2D eigenvalue weighted by atomic mass is 16.6. The zero-order valence-corrected chi connectivity index (χ0v) is 26.4. The Labute approximate surface area is 258 Å². The number of rotatable bonds is 6. The van der Waals surface area contributed by atoms with Crippen LogP contribution in [0.15, 0.2) is 72.9 Å². The molecule has 0 fully saturated rings. The van der Waals surface area contributed by atoms with Gasteiger partial charge in [0.05, 0.1) is 5.52 Å². The van der Waals surface area contributed by atoms with Gasteiger partial charge < -0.3 is 19.5 Å². The summed E-state index contributed by atoms with van der Waals surface area (Å²) in [4.78, 5) is 39.9. The van der Waals surface area contributed by atoms with E-state index in [0.29, 0.717) is 11.1 Å². The number of esters is 1. The van der Waals surface area contributed by atoms with Crippen molar-refractivity contribution in [2.24, 2.45) is 0 Å². The number of aryl methyl sites for hydroxylation is 1. The van der Waals surface area contributed by atoms with E-state index in [1.165, 1.54) is 4.57 Å². The van der Waals surface area contributed by atoms with Gasteiger partial charge >= 0.3 is 18.2 Å². The predicted octanol–water partition coefficient (Wildman–Crippen LogP) is 7.52. The number of hydrogen-bond donors (Lipinski definition) is 1. The fraction of sp³-hybridized carbons (Fsp3) is 0.361. The number of nitrogens with zero attached hydrogens (tertiary/aromatic N) is 1. The molecule has 0 saturated carbocycles. The number of ether oxygens (including phenoxy) is 3. The monoisotopic (exact) mass is 596 g/mol. The molecule has 1 aliphatic rings. The molecule has 0 bridgehead atoms. The fourth-order valence-electron chi connectivity index (χ4n) is 5.71. The predicted molar refractivity (Wildman–Crippen MR) is 170 cm³/mol. The minimum Gasteiger partial charge on any atom is -0.458 e. The summed E-state index contributed by atoms with van der Waals surface area (Å²) in [7, 11) is 0. The number of benzene rings is 3. The SMILES string of the molecule is Cc1cccc2c(CC(NC(=O)OCC3c4ccccc4-c4ccccc43)C(=O)OC(C)(C)C)cn(C(=O)OC(C)(C)C)c12. The van der Waals surface area contributed by atoms with Crippen molar-refractivity contribution in [3.8, 4) is 11.1 Å². The van der Waals surface area contributed by atoms with Crippen LogP contribution in [0.3, 0.4) is 0 Å². The van der Waals surface area contributed by atoms with E-state index < -0.39 is 35.4 Å². The summed E-state index contributed by atoms with van der Waals surface area (Å²) < 4.78 is 18.6. The highest BCUT2D eigenvalue weighted by molar-refractivity contribution is 5.94. The first-order valence-electron chi connectivity index (χ1n) is 14.9. The molecule has 1 aromatic heterocycles. The first-order valence-corrected chi connectivity index (χ1v) is 14.9. The smallest absolute Gasteiger partial charge is 0.419 e. The lowest BCUT2D eigenvalue weighted by molar-refractivity contribution is -0.157. The quantitative estimate of drug-likeness (QED) is 0.183. The van der Waals surface area contributed by atoms with Crippen molar-refractivity contribution >= 4 is 29.1 Å². The minimum atomic E-state index is -1.07. The van der Waals surface area contributed by atoms with Crippen molar-refractivity contribution in [2.45, 2.75) is 78.0 Å². The average molecular weight is 597 g/mol. The molecule has 1 heterocycles. The summed E-state index contributed by atoms with van der Waals surface area (Å²) in [6, 6.07) is 20.8. The van der Waals surface area contributed by atoms with Crippen LogP contribution in [0.25, 0.3) is 22.0 Å². The van der Waals surface area contributed by atoms with E-state index in [1.54, 1.807) is 47.7 Å². The Kier molecular flexibility index (Phi) is 8.30. The number of alkyl carbamates (subject to hydrolysis) is 1. The number of amides is 1. The van der Waals surface area contributed by atoms with Gasteiger partial charge in [0, 0.05) is 23.9 Å². The number of aromatic nitrogens is 1. The van der Waals surface area contributed by atoms with Crippen molar-refractivity contribution in [3.05, 3.63) is 95.2 Å². The Morgan fingerprint density at radius 3 is 2.00 bits per heavy atom. The van der Waals surface area contributed by atoms with Gasteiger partial charge in [-0.15, -0.1) is 0 Å². The topological polar surface area (TPSA) is 95.9 Å². The van der Waals surface area contributed by atoms with Crippen LogP contribution in [-0.4, -0.2) is 46.6 Å². The van der Waals surface area contributed by atoms with Crippen LogP contribution >= 0.6 is 0 Å². The molecule has 0 saturated heterocycles. The first-order chi connectivity index (χ1) is 20.7. The van der Waals surface area contributed by atoms with Crippen LogP contribution in [0.4, 0.5) is 9.59 Å². The molecule has 1 atom stereocenters. The summed E-state index contributed by atoms with van der Waals surface area (Å²) in [6.45, 7) is 12.8. The van der Waals surface area contributed by atoms with Gasteiger partial charge in [-0.25, -0.2) is 14.4 Å². The molecule has 8 heteroatoms. The van der Waals surface area contributed by atoms with Crippen LogP contribution in [0.1, 0.15) is 69.7 Å². The number of para-hydroxylation sites is 1. The summed E-state index contributed by atoms with van der Waals surface area (Å²) in [5, 5.41) is 3.53. The van der Waals surface area contributed by atoms with Crippen molar-refractivity contribution in [2.75, 3.05) is 6.61 Å². The van der Waals surface area contributed by atoms with Crippen LogP contribution in [0.5, 0.6) is 0 Å². The molecule has 5 rings (SSSR count). The van der Waals surface area contributed by atoms with Crippen LogP contribution in [0.2, 0.25) is 0 Å². The highest BCUT2D eigenvalue weighted by Crippen LogP contribution is 2.44. The number of fused-ring (bicyclic) bond motifs is 4. The van der Waals surface area contributed by atoms with Crippen molar-refractivity contribution in [1.82, 2.24) is 9.88 Å². The standard InChI is InChI=1S/C36H40N2O6/c1-22-13-12-18-24-23(20-38(31(22)24)34(41)44-36(5,6)7)19-30(32(39)43-35(2,3)4)37-33(40)42-21-29-27-16-10-8-14-25(27)26-15-9-11-17-28(26)29/h8-18,20,29-30H,19,21H2,1-7H3,(H,37,40). The number of carbonyl (C=O) groups excluding carboxylic acids is 3. The third-order valence-corrected chi connectivity index (χ3v) is 7.45. The van der Waals surface area contributed by atoms with Crippen LogP contribution < -0.4 is 5.32 Å². The van der Waals surface area contributed by atoms with Gasteiger partial charge in [0.1, 0.15) is 23.9 Å². The zero-order chi connectivity index (χ0) is 31.8. The Morgan fingerprint density at radius 1 is 0.818 bits per heavy atom. The first kappa shape index (κ1) is 30.9. The molecule has 44 heavy (non-hydrogen) atoms. The maximum atomic E-state index is 13.4. The number of nitrogens with one attached hydrogen (secondary N) is 1. The van der Waals surface area contributed by atoms with Gasteiger partial charge in [-0.1, -0.05) is 66.7 Å². The van der Waals surface area contributed by atoms with Crippen molar-refractivity contribution < 1.29 is 28.6 Å². The molecular weight excluding hydrogens is 556 g/mol. The summed E-state index contributed by atoms with van der Waals surface area (Å²) in [5.74, 6) is -0.722. The van der Waals surface area contributed by atoms with E-state index in [0.717, 1.165) is 33.2 Å². The second-order valence-corrected chi connectivity index (χ2v) is 13.2. The number of hydrogen-bond acceptors (Lipinski definition) is 6. The molecule has 1 unspecified atom stereocenters. The van der Waals surface area contributed by atoms with Crippen molar-refractivity contribution in [3.63, 3.8) is 0 Å². The molecule has 0 aliphatic heterocycles. The molecule has 230 valence electrons. The van der Waals surface area contributed by atoms with Gasteiger partial charge in [-0.05, 0) is 81.8 Å². The van der Waals surface area contributed by atoms with E-state index in [-0.39, 0.29) is 18.9 Å². The average Bonchev–Trinajstić information content (AvgIpc) is 3.46. The molecule has 0 spiro atoms. The summed E-state index contributed by atoms with van der Waals surface area (Å²) in [6.07, 6.45) is 0.494. The molecule has 8 nitrogen and oxygen atoms in total.